The maximum atomic E-state index is 13.2. The second-order valence-electron chi connectivity index (χ2n) is 9.43. The summed E-state index contributed by atoms with van der Waals surface area (Å²) >= 11 is 0. The van der Waals surface area contributed by atoms with Crippen molar-refractivity contribution in [2.24, 2.45) is 5.92 Å². The molecule has 2 saturated heterocycles. The Labute approximate surface area is 214 Å². The summed E-state index contributed by atoms with van der Waals surface area (Å²) in [5.74, 6) is -3.18. The fourth-order valence-electron chi connectivity index (χ4n) is 4.75. The first-order valence-corrected chi connectivity index (χ1v) is 12.0. The zero-order chi connectivity index (χ0) is 27.7. The van der Waals surface area contributed by atoms with Gasteiger partial charge in [-0.05, 0) is 13.0 Å². The first-order valence-electron chi connectivity index (χ1n) is 12.0. The van der Waals surface area contributed by atoms with E-state index in [-0.39, 0.29) is 50.5 Å². The van der Waals surface area contributed by atoms with Gasteiger partial charge in [-0.25, -0.2) is 10.4 Å². The van der Waals surface area contributed by atoms with E-state index in [1.165, 1.54) is 0 Å². The number of alkyl halides is 6. The lowest BCUT2D eigenvalue weighted by atomic mass is 9.96. The van der Waals surface area contributed by atoms with E-state index in [1.54, 1.807) is 11.8 Å². The van der Waals surface area contributed by atoms with Crippen LogP contribution in [-0.2, 0) is 20.5 Å². The molecule has 0 bridgehead atoms. The van der Waals surface area contributed by atoms with Crippen LogP contribution >= 0.6 is 0 Å². The summed E-state index contributed by atoms with van der Waals surface area (Å²) in [5, 5.41) is 2.76. The molecule has 4 atom stereocenters. The molecule has 3 aliphatic rings. The highest BCUT2D eigenvalue weighted by atomic mass is 19.4. The fourth-order valence-corrected chi connectivity index (χ4v) is 4.75. The summed E-state index contributed by atoms with van der Waals surface area (Å²) in [5.41, 5.74) is 3.53. The van der Waals surface area contributed by atoms with Crippen molar-refractivity contribution >= 4 is 17.6 Å². The number of anilines is 1. The summed E-state index contributed by atoms with van der Waals surface area (Å²) in [7, 11) is 0. The van der Waals surface area contributed by atoms with E-state index in [1.807, 2.05) is 10.3 Å². The minimum absolute atomic E-state index is 0.0303. The van der Waals surface area contributed by atoms with E-state index in [0.717, 1.165) is 12.3 Å². The molecule has 3 unspecified atom stereocenters. The third-order valence-corrected chi connectivity index (χ3v) is 6.60. The molecule has 1 aromatic heterocycles. The quantitative estimate of drug-likeness (QED) is 0.340. The third-order valence-electron chi connectivity index (χ3n) is 6.60. The number of carbonyl (C=O) groups is 2. The van der Waals surface area contributed by atoms with Gasteiger partial charge in [0, 0.05) is 44.5 Å². The van der Waals surface area contributed by atoms with Gasteiger partial charge in [-0.3, -0.25) is 15.0 Å². The van der Waals surface area contributed by atoms with Gasteiger partial charge >= 0.3 is 12.4 Å². The highest BCUT2D eigenvalue weighted by Crippen LogP contribution is 2.38. The van der Waals surface area contributed by atoms with Crippen molar-refractivity contribution in [2.45, 2.75) is 43.8 Å². The molecule has 3 N–H and O–H groups in total. The van der Waals surface area contributed by atoms with E-state index in [9.17, 15) is 35.9 Å². The summed E-state index contributed by atoms with van der Waals surface area (Å²) < 4.78 is 89.6. The van der Waals surface area contributed by atoms with Crippen LogP contribution in [-0.4, -0.2) is 92.0 Å². The first kappa shape index (κ1) is 28.2. The Bertz CT molecular complexity index is 1030. The lowest BCUT2D eigenvalue weighted by molar-refractivity contribution is -0.193. The van der Waals surface area contributed by atoms with Gasteiger partial charge < -0.3 is 24.6 Å². The summed E-state index contributed by atoms with van der Waals surface area (Å²) in [6.07, 6.45) is -8.42. The number of hydrogen-bond acceptors (Lipinski definition) is 8. The maximum absolute atomic E-state index is 13.2. The molecule has 16 heteroatoms. The number of pyridine rings is 1. The zero-order valence-corrected chi connectivity index (χ0v) is 20.4. The molecule has 212 valence electrons. The monoisotopic (exact) mass is 554 g/mol. The number of hydrogen-bond donors (Lipinski definition) is 3. The van der Waals surface area contributed by atoms with Crippen LogP contribution in [0.3, 0.4) is 0 Å². The van der Waals surface area contributed by atoms with Gasteiger partial charge in [0.1, 0.15) is 6.61 Å². The molecule has 4 rings (SSSR count). The topological polar surface area (TPSA) is 108 Å². The Morgan fingerprint density at radius 3 is 2.76 bits per heavy atom. The maximum Gasteiger partial charge on any atom is 0.418 e. The Hall–Kier alpha value is -2.85. The molecular weight excluding hydrogens is 526 g/mol. The lowest BCUT2D eigenvalue weighted by Gasteiger charge is -2.44. The van der Waals surface area contributed by atoms with Crippen LogP contribution in [0.1, 0.15) is 18.9 Å². The smallest absolute Gasteiger partial charge is 0.418 e. The van der Waals surface area contributed by atoms with Crippen LogP contribution in [0.4, 0.5) is 32.2 Å². The molecular formula is C22H28F6N6O4. The lowest BCUT2D eigenvalue weighted by Crippen LogP contribution is -2.64. The predicted octanol–water partition coefficient (Wildman–Crippen LogP) is 1.08. The van der Waals surface area contributed by atoms with Crippen molar-refractivity contribution in [3.63, 3.8) is 0 Å². The van der Waals surface area contributed by atoms with Gasteiger partial charge in [0.25, 0.3) is 0 Å². The number of piperazine rings is 1. The first-order chi connectivity index (χ1) is 17.8. The van der Waals surface area contributed by atoms with Crippen LogP contribution in [0.25, 0.3) is 0 Å². The number of nitrogens with zero attached hydrogens (tertiary/aromatic N) is 3. The fraction of sp³-hybridized carbons (Fsp3) is 0.682. The molecule has 2 amide bonds. The van der Waals surface area contributed by atoms with E-state index in [0.29, 0.717) is 25.5 Å². The number of carbonyl (C=O) groups excluding carboxylic acids is 2. The molecule has 0 saturated carbocycles. The largest absolute Gasteiger partial charge is 0.487 e. The Morgan fingerprint density at radius 2 is 2.05 bits per heavy atom. The van der Waals surface area contributed by atoms with Crippen molar-refractivity contribution in [3.8, 4) is 5.75 Å². The van der Waals surface area contributed by atoms with Crippen molar-refractivity contribution in [1.82, 2.24) is 26.1 Å². The second kappa shape index (κ2) is 11.1. The van der Waals surface area contributed by atoms with Gasteiger partial charge in [0.2, 0.25) is 11.8 Å². The Morgan fingerprint density at radius 1 is 1.29 bits per heavy atom. The van der Waals surface area contributed by atoms with Gasteiger partial charge in [-0.15, -0.1) is 0 Å². The number of aromatic nitrogens is 1. The highest BCUT2D eigenvalue weighted by molar-refractivity contribution is 5.80. The molecule has 2 fully saturated rings. The van der Waals surface area contributed by atoms with Crippen LogP contribution < -0.4 is 25.8 Å². The number of ether oxygens (including phenoxy) is 2. The van der Waals surface area contributed by atoms with Crippen LogP contribution in [0.2, 0.25) is 0 Å². The van der Waals surface area contributed by atoms with Crippen LogP contribution in [0.15, 0.2) is 12.3 Å². The second-order valence-corrected chi connectivity index (χ2v) is 9.43. The molecule has 0 radical (unpaired) electrons. The molecule has 38 heavy (non-hydrogen) atoms. The van der Waals surface area contributed by atoms with E-state index >= 15 is 0 Å². The molecule has 1 aromatic rings. The minimum atomic E-state index is -4.70. The average molecular weight is 554 g/mol. The SMILES string of the molecule is C[C@@H](COCCC(=O)N1CCN2c3ncc(C(F)(F)F)cc3OCC2C1)NC1CNNC(=O)C1C(F)(F)F. The molecule has 0 spiro atoms. The molecule has 0 aliphatic carbocycles. The molecule has 0 aromatic carbocycles. The highest BCUT2D eigenvalue weighted by Gasteiger charge is 2.51. The molecule has 4 heterocycles. The van der Waals surface area contributed by atoms with E-state index in [2.05, 4.69) is 15.7 Å². The van der Waals surface area contributed by atoms with Crippen LogP contribution in [0.5, 0.6) is 5.75 Å². The number of halogens is 6. The molecule has 3 aliphatic heterocycles. The molecule has 10 nitrogen and oxygen atoms in total. The van der Waals surface area contributed by atoms with Gasteiger partial charge in [0.15, 0.2) is 17.5 Å². The number of fused-ring (bicyclic) bond motifs is 3. The van der Waals surface area contributed by atoms with Crippen molar-refractivity contribution < 1.29 is 45.4 Å². The number of nitrogens with one attached hydrogen (secondary N) is 3. The van der Waals surface area contributed by atoms with Crippen molar-refractivity contribution in [2.75, 3.05) is 50.9 Å². The summed E-state index contributed by atoms with van der Waals surface area (Å²) in [6, 6.07) is -1.03. The normalized spacial score (nSPS) is 24.7. The average Bonchev–Trinajstić information content (AvgIpc) is 2.84. The number of hydrazine groups is 1. The van der Waals surface area contributed by atoms with Gasteiger partial charge in [0.05, 0.1) is 31.2 Å². The Balaban J connectivity index is 1.21. The summed E-state index contributed by atoms with van der Waals surface area (Å²) in [6.45, 7) is 2.69. The zero-order valence-electron chi connectivity index (χ0n) is 20.4. The van der Waals surface area contributed by atoms with Crippen molar-refractivity contribution in [3.05, 3.63) is 17.8 Å². The Kier molecular flexibility index (Phi) is 8.23. The van der Waals surface area contributed by atoms with Gasteiger partial charge in [-0.1, -0.05) is 0 Å². The van der Waals surface area contributed by atoms with E-state index in [4.69, 9.17) is 9.47 Å². The summed E-state index contributed by atoms with van der Waals surface area (Å²) in [4.78, 5) is 31.7. The number of amides is 2. The standard InChI is InChI=1S/C22H28F6N6O4/c1-12(31-15-8-30-32-20(36)18(15)22(26,27)28)10-37-5-2-17(35)33-3-4-34-14(9-33)11-38-16-6-13(21(23,24)25)7-29-19(16)34/h6-7,12,14-15,18,30-31H,2-5,8-11H2,1H3,(H,32,36)/t12-,14?,15?,18?/m0/s1. The van der Waals surface area contributed by atoms with Gasteiger partial charge in [-0.2, -0.15) is 26.3 Å². The minimum Gasteiger partial charge on any atom is -0.487 e. The van der Waals surface area contributed by atoms with Crippen molar-refractivity contribution in [1.29, 1.82) is 0 Å². The third kappa shape index (κ3) is 6.40. The van der Waals surface area contributed by atoms with Crippen LogP contribution in [0, 0.1) is 5.92 Å². The van der Waals surface area contributed by atoms with E-state index < -0.39 is 41.8 Å². The number of rotatable bonds is 7. The predicted molar refractivity (Wildman–Crippen MR) is 120 cm³/mol.